The van der Waals surface area contributed by atoms with Gasteiger partial charge < -0.3 is 4.42 Å². The number of carbonyl (C=O) groups excluding carboxylic acids is 1. The number of carbonyl (C=O) groups is 1. The molecule has 0 fully saturated rings. The number of amides is 1. The summed E-state index contributed by atoms with van der Waals surface area (Å²) in [6, 6.07) is 9.85. The highest BCUT2D eigenvalue weighted by molar-refractivity contribution is 5.71. The Labute approximate surface area is 103 Å². The molecule has 2 aromatic heterocycles. The van der Waals surface area contributed by atoms with E-state index in [4.69, 9.17) is 4.42 Å². The summed E-state index contributed by atoms with van der Waals surface area (Å²) in [6.07, 6.45) is 4.29. The molecule has 0 saturated carbocycles. The molecule has 3 aromatic rings. The third-order valence-electron chi connectivity index (χ3n) is 2.72. The van der Waals surface area contributed by atoms with Crippen molar-refractivity contribution in [2.45, 2.75) is 0 Å². The predicted molar refractivity (Wildman–Crippen MR) is 67.4 cm³/mol. The van der Waals surface area contributed by atoms with E-state index < -0.39 is 0 Å². The molecule has 90 valence electrons. The van der Waals surface area contributed by atoms with Gasteiger partial charge in [-0.1, -0.05) is 30.3 Å². The molecule has 0 aliphatic rings. The topological polar surface area (TPSA) is 50.8 Å². The Bertz CT molecular complexity index is 653. The second-order valence-corrected chi connectivity index (χ2v) is 3.97. The second-order valence-electron chi connectivity index (χ2n) is 3.97. The van der Waals surface area contributed by atoms with Crippen molar-refractivity contribution >= 4 is 18.1 Å². The quantitative estimate of drug-likeness (QED) is 0.660. The number of hydrogen-bond acceptors (Lipinski definition) is 3. The standard InChI is InChI=1S/C13H11N3O2/c1-15(9-17)12-8-16-7-11(14-13(16)18-12)10-5-3-2-4-6-10/h2-9H,1H3. The lowest BCUT2D eigenvalue weighted by atomic mass is 10.2. The van der Waals surface area contributed by atoms with Crippen molar-refractivity contribution in [3.8, 4) is 11.3 Å². The molecule has 0 N–H and O–H groups in total. The van der Waals surface area contributed by atoms with E-state index in [-0.39, 0.29) is 0 Å². The zero-order valence-corrected chi connectivity index (χ0v) is 9.78. The Hall–Kier alpha value is -2.56. The van der Waals surface area contributed by atoms with Crippen molar-refractivity contribution in [2.75, 3.05) is 11.9 Å². The summed E-state index contributed by atoms with van der Waals surface area (Å²) >= 11 is 0. The molecule has 2 heterocycles. The van der Waals surface area contributed by atoms with E-state index in [1.165, 1.54) is 4.90 Å². The summed E-state index contributed by atoms with van der Waals surface area (Å²) in [4.78, 5) is 16.4. The first-order valence-electron chi connectivity index (χ1n) is 5.50. The summed E-state index contributed by atoms with van der Waals surface area (Å²) in [5.41, 5.74) is 1.87. The number of aromatic nitrogens is 2. The number of anilines is 1. The Morgan fingerprint density at radius 2 is 2.06 bits per heavy atom. The lowest BCUT2D eigenvalue weighted by Gasteiger charge is -2.02. The molecule has 0 radical (unpaired) electrons. The molecule has 0 saturated heterocycles. The predicted octanol–water partition coefficient (Wildman–Crippen LogP) is 2.19. The SMILES string of the molecule is CN(C=O)c1cn2cc(-c3ccccc3)nc2o1. The van der Waals surface area contributed by atoms with Gasteiger partial charge >= 0.3 is 5.84 Å². The zero-order valence-electron chi connectivity index (χ0n) is 9.78. The third kappa shape index (κ3) is 1.66. The van der Waals surface area contributed by atoms with E-state index in [0.717, 1.165) is 11.3 Å². The van der Waals surface area contributed by atoms with E-state index in [1.54, 1.807) is 17.6 Å². The molecular formula is C13H11N3O2. The lowest BCUT2D eigenvalue weighted by molar-refractivity contribution is -0.107. The van der Waals surface area contributed by atoms with Gasteiger partial charge in [0.25, 0.3) is 0 Å². The van der Waals surface area contributed by atoms with Gasteiger partial charge in [0.15, 0.2) is 0 Å². The van der Waals surface area contributed by atoms with Crippen LogP contribution in [-0.2, 0) is 4.79 Å². The first-order chi connectivity index (χ1) is 8.78. The van der Waals surface area contributed by atoms with E-state index >= 15 is 0 Å². The number of oxazole rings is 1. The van der Waals surface area contributed by atoms with Crippen LogP contribution < -0.4 is 4.90 Å². The highest BCUT2D eigenvalue weighted by Crippen LogP contribution is 2.22. The molecule has 1 amide bonds. The van der Waals surface area contributed by atoms with E-state index in [9.17, 15) is 4.79 Å². The number of hydrogen-bond donors (Lipinski definition) is 0. The number of rotatable bonds is 3. The molecule has 0 spiro atoms. The number of benzene rings is 1. The van der Waals surface area contributed by atoms with Gasteiger partial charge in [0.05, 0.1) is 11.9 Å². The molecule has 5 nitrogen and oxygen atoms in total. The van der Waals surface area contributed by atoms with E-state index in [0.29, 0.717) is 18.1 Å². The Morgan fingerprint density at radius 3 is 2.72 bits per heavy atom. The Morgan fingerprint density at radius 1 is 1.28 bits per heavy atom. The molecule has 1 aromatic carbocycles. The van der Waals surface area contributed by atoms with Crippen molar-refractivity contribution in [2.24, 2.45) is 0 Å². The smallest absolute Gasteiger partial charge is 0.308 e. The molecule has 0 atom stereocenters. The number of imidazole rings is 1. The maximum atomic E-state index is 10.6. The highest BCUT2D eigenvalue weighted by atomic mass is 16.4. The van der Waals surface area contributed by atoms with Crippen molar-refractivity contribution < 1.29 is 9.21 Å². The summed E-state index contributed by atoms with van der Waals surface area (Å²) in [6.45, 7) is 0. The van der Waals surface area contributed by atoms with Crippen molar-refractivity contribution in [3.05, 3.63) is 42.7 Å². The minimum absolute atomic E-state index is 0.465. The van der Waals surface area contributed by atoms with Gasteiger partial charge in [0.2, 0.25) is 12.3 Å². The maximum Gasteiger partial charge on any atom is 0.308 e. The van der Waals surface area contributed by atoms with Gasteiger partial charge in [-0.2, -0.15) is 4.98 Å². The average Bonchev–Trinajstić information content (AvgIpc) is 2.97. The van der Waals surface area contributed by atoms with Gasteiger partial charge in [-0.15, -0.1) is 0 Å². The van der Waals surface area contributed by atoms with E-state index in [1.807, 2.05) is 36.5 Å². The molecule has 0 unspecified atom stereocenters. The minimum atomic E-state index is 0.465. The fourth-order valence-electron chi connectivity index (χ4n) is 1.75. The first-order valence-corrected chi connectivity index (χ1v) is 5.50. The molecular weight excluding hydrogens is 230 g/mol. The van der Waals surface area contributed by atoms with Crippen LogP contribution in [0, 0.1) is 0 Å². The van der Waals surface area contributed by atoms with Gasteiger partial charge in [0.1, 0.15) is 0 Å². The fourth-order valence-corrected chi connectivity index (χ4v) is 1.75. The second kappa shape index (κ2) is 4.03. The minimum Gasteiger partial charge on any atom is -0.406 e. The average molecular weight is 241 g/mol. The van der Waals surface area contributed by atoms with Gasteiger partial charge in [0, 0.05) is 18.8 Å². The normalized spacial score (nSPS) is 10.7. The summed E-state index contributed by atoms with van der Waals surface area (Å²) in [5.74, 6) is 0.935. The first kappa shape index (κ1) is 10.6. The number of fused-ring (bicyclic) bond motifs is 1. The summed E-state index contributed by atoms with van der Waals surface area (Å²) in [5, 5.41) is 0. The molecule has 0 bridgehead atoms. The van der Waals surface area contributed by atoms with Crippen LogP contribution >= 0.6 is 0 Å². The fraction of sp³-hybridized carbons (Fsp3) is 0.0769. The van der Waals surface area contributed by atoms with Crippen molar-refractivity contribution in [1.29, 1.82) is 0 Å². The van der Waals surface area contributed by atoms with Crippen molar-refractivity contribution in [1.82, 2.24) is 9.38 Å². The van der Waals surface area contributed by atoms with Gasteiger partial charge in [-0.05, 0) is 0 Å². The van der Waals surface area contributed by atoms with E-state index in [2.05, 4.69) is 4.98 Å². The van der Waals surface area contributed by atoms with Gasteiger partial charge in [-0.3, -0.25) is 14.1 Å². The molecule has 18 heavy (non-hydrogen) atoms. The lowest BCUT2D eigenvalue weighted by Crippen LogP contribution is -2.12. The van der Waals surface area contributed by atoms with Crippen LogP contribution in [0.2, 0.25) is 0 Å². The van der Waals surface area contributed by atoms with Crippen LogP contribution in [-0.4, -0.2) is 22.8 Å². The van der Waals surface area contributed by atoms with Crippen molar-refractivity contribution in [3.63, 3.8) is 0 Å². The Kier molecular flexibility index (Phi) is 2.37. The van der Waals surface area contributed by atoms with Crippen LogP contribution in [0.3, 0.4) is 0 Å². The number of nitrogens with zero attached hydrogens (tertiary/aromatic N) is 3. The molecule has 0 aliphatic carbocycles. The van der Waals surface area contributed by atoms with Gasteiger partial charge in [-0.25, -0.2) is 0 Å². The Balaban J connectivity index is 2.03. The summed E-state index contributed by atoms with van der Waals surface area (Å²) < 4.78 is 7.23. The molecule has 0 aliphatic heterocycles. The highest BCUT2D eigenvalue weighted by Gasteiger charge is 2.11. The van der Waals surface area contributed by atoms with Crippen LogP contribution in [0.15, 0.2) is 47.1 Å². The molecule has 5 heteroatoms. The monoisotopic (exact) mass is 241 g/mol. The van der Waals surface area contributed by atoms with Crippen LogP contribution in [0.5, 0.6) is 0 Å². The van der Waals surface area contributed by atoms with Crippen LogP contribution in [0.25, 0.3) is 17.1 Å². The maximum absolute atomic E-state index is 10.6. The van der Waals surface area contributed by atoms with Crippen LogP contribution in [0.1, 0.15) is 0 Å². The summed E-state index contributed by atoms with van der Waals surface area (Å²) in [7, 11) is 1.63. The largest absolute Gasteiger partial charge is 0.406 e. The van der Waals surface area contributed by atoms with Crippen LogP contribution in [0.4, 0.5) is 5.88 Å². The zero-order chi connectivity index (χ0) is 12.5. The molecule has 3 rings (SSSR count). The third-order valence-corrected chi connectivity index (χ3v) is 2.72.